The van der Waals surface area contributed by atoms with Crippen LogP contribution in [0.3, 0.4) is 0 Å². The summed E-state index contributed by atoms with van der Waals surface area (Å²) in [4.78, 5) is 62.3. The average Bonchev–Trinajstić information content (AvgIpc) is 2.89. The maximum absolute atomic E-state index is 13.4. The molecule has 0 bridgehead atoms. The zero-order chi connectivity index (χ0) is 32.6. The molecule has 0 aromatic heterocycles. The summed E-state index contributed by atoms with van der Waals surface area (Å²) in [7, 11) is 2.18. The van der Waals surface area contributed by atoms with Gasteiger partial charge < -0.3 is 48.9 Å². The van der Waals surface area contributed by atoms with Gasteiger partial charge in [-0.3, -0.25) is 24.0 Å². The number of hydrogen-bond donors (Lipinski definition) is 2. The van der Waals surface area contributed by atoms with E-state index >= 15 is 0 Å². The van der Waals surface area contributed by atoms with E-state index in [2.05, 4.69) is 10.0 Å². The molecule has 2 aliphatic heterocycles. The molecule has 10 atom stereocenters. The number of esters is 3. The number of nitrogens with one attached hydrogen (secondary N) is 1. The van der Waals surface area contributed by atoms with Crippen molar-refractivity contribution < 1.29 is 75.0 Å². The Balaban J connectivity index is 2.68. The van der Waals surface area contributed by atoms with Crippen LogP contribution < -0.4 is 11.1 Å². The summed E-state index contributed by atoms with van der Waals surface area (Å²) >= 11 is 0. The Hall–Kier alpha value is -3.75. The van der Waals surface area contributed by atoms with Crippen molar-refractivity contribution in [3.05, 3.63) is 10.4 Å². The first-order valence-electron chi connectivity index (χ1n) is 12.3. The lowest BCUT2D eigenvalue weighted by atomic mass is 9.94. The molecule has 0 saturated carbocycles. The van der Waals surface area contributed by atoms with Crippen LogP contribution in [0.25, 0.3) is 10.4 Å². The first kappa shape index (κ1) is 35.4. The van der Waals surface area contributed by atoms with Crippen LogP contribution in [0, 0.1) is 0 Å². The summed E-state index contributed by atoms with van der Waals surface area (Å²) in [5.41, 5.74) is 14.6. The van der Waals surface area contributed by atoms with Crippen LogP contribution in [0.4, 0.5) is 13.2 Å². The van der Waals surface area contributed by atoms with Gasteiger partial charge in [0.1, 0.15) is 31.0 Å². The topological polar surface area (TPSA) is 246 Å². The van der Waals surface area contributed by atoms with Gasteiger partial charge in [0, 0.05) is 39.9 Å². The van der Waals surface area contributed by atoms with Gasteiger partial charge in [0.05, 0.1) is 6.04 Å². The molecule has 242 valence electrons. The molecule has 18 nitrogen and oxygen atoms in total. The van der Waals surface area contributed by atoms with E-state index in [0.29, 0.717) is 0 Å². The lowest BCUT2D eigenvalue weighted by molar-refractivity contribution is -0.333. The number of ether oxygens (including phenoxy) is 8. The number of hydrogen-bond acceptors (Lipinski definition) is 14. The predicted molar refractivity (Wildman–Crippen MR) is 128 cm³/mol. The van der Waals surface area contributed by atoms with Crippen LogP contribution in [0.15, 0.2) is 5.11 Å². The second kappa shape index (κ2) is 15.1. The van der Waals surface area contributed by atoms with Gasteiger partial charge in [-0.15, -0.1) is 0 Å². The van der Waals surface area contributed by atoms with Crippen LogP contribution >= 0.6 is 0 Å². The third-order valence-electron chi connectivity index (χ3n) is 6.04. The SMILES string of the molecule is CO[C@@H]1O[C@H](C(N)=O)[C@@H](OC)[C@H](N=[N+]=[N-])[C@H]1O[C@@H]1O[C@H](COC(C)=O)[C@@H](OC(C)=O)[C@H](OC(C)=O)[C@H]1NC(=O)C(F)(F)F. The Bertz CT molecular complexity index is 1110. The number of rotatable bonds is 11. The maximum atomic E-state index is 13.4. The summed E-state index contributed by atoms with van der Waals surface area (Å²) in [5, 5.41) is 5.15. The van der Waals surface area contributed by atoms with E-state index in [1.54, 1.807) is 5.32 Å². The second-order valence-corrected chi connectivity index (χ2v) is 9.05. The van der Waals surface area contributed by atoms with Crippen molar-refractivity contribution >= 4 is 29.7 Å². The number of carbonyl (C=O) groups excluding carboxylic acids is 5. The summed E-state index contributed by atoms with van der Waals surface area (Å²) in [6.07, 6.45) is -19.1. The van der Waals surface area contributed by atoms with Crippen LogP contribution in [0.5, 0.6) is 0 Å². The highest BCUT2D eigenvalue weighted by Gasteiger charge is 2.57. The third-order valence-corrected chi connectivity index (χ3v) is 6.04. The molecule has 0 radical (unpaired) electrons. The molecule has 2 heterocycles. The normalized spacial score (nSPS) is 32.5. The maximum Gasteiger partial charge on any atom is 0.471 e. The van der Waals surface area contributed by atoms with Gasteiger partial charge in [0.2, 0.25) is 5.91 Å². The van der Waals surface area contributed by atoms with Crippen molar-refractivity contribution in [2.24, 2.45) is 10.8 Å². The van der Waals surface area contributed by atoms with Crippen molar-refractivity contribution in [3.63, 3.8) is 0 Å². The fourth-order valence-corrected chi connectivity index (χ4v) is 4.40. The zero-order valence-electron chi connectivity index (χ0n) is 23.3. The number of methoxy groups -OCH3 is 2. The molecule has 2 fully saturated rings. The number of nitrogens with zero attached hydrogens (tertiary/aromatic N) is 3. The van der Waals surface area contributed by atoms with Crippen molar-refractivity contribution in [3.8, 4) is 0 Å². The molecule has 0 aliphatic carbocycles. The summed E-state index contributed by atoms with van der Waals surface area (Å²) in [6.45, 7) is 2.11. The lowest BCUT2D eigenvalue weighted by Crippen LogP contribution is -2.69. The van der Waals surface area contributed by atoms with Gasteiger partial charge in [0.15, 0.2) is 30.9 Å². The van der Waals surface area contributed by atoms with Gasteiger partial charge in [-0.25, -0.2) is 0 Å². The number of nitrogens with two attached hydrogens (primary N) is 1. The minimum atomic E-state index is -5.47. The number of azide groups is 1. The summed E-state index contributed by atoms with van der Waals surface area (Å²) < 4.78 is 82.9. The van der Waals surface area contributed by atoms with Crippen LogP contribution in [-0.4, -0.2) is 118 Å². The van der Waals surface area contributed by atoms with Gasteiger partial charge in [-0.1, -0.05) is 5.11 Å². The van der Waals surface area contributed by atoms with Crippen LogP contribution in [-0.2, 0) is 61.9 Å². The second-order valence-electron chi connectivity index (χ2n) is 9.05. The predicted octanol–water partition coefficient (Wildman–Crippen LogP) is -0.879. The molecule has 0 spiro atoms. The fraction of sp³-hybridized carbons (Fsp3) is 0.773. The monoisotopic (exact) mass is 629 g/mol. The van der Waals surface area contributed by atoms with E-state index in [0.717, 1.165) is 35.0 Å². The summed E-state index contributed by atoms with van der Waals surface area (Å²) in [5.74, 6) is -6.54. The van der Waals surface area contributed by atoms with E-state index < -0.39 is 104 Å². The van der Waals surface area contributed by atoms with Gasteiger partial charge >= 0.3 is 30.0 Å². The molecular weight excluding hydrogens is 599 g/mol. The third kappa shape index (κ3) is 9.12. The largest absolute Gasteiger partial charge is 0.471 e. The summed E-state index contributed by atoms with van der Waals surface area (Å²) in [6, 6.07) is -3.62. The number of amides is 2. The number of primary amides is 1. The highest BCUT2D eigenvalue weighted by atomic mass is 19.4. The standard InChI is InChI=1S/C22H30F3N5O13/c1-7(31)38-6-10-13(39-8(2)32)15(40-9(3)33)12(28-21(35)22(23,24)25)19(41-10)42-16-11(29-30-27)14(36-4)17(18(26)34)43-20(16)37-5/h10-17,19-20H,6H2,1-5H3,(H2,26,34)(H,28,35)/t10-,11+,12-,13-,14+,15-,16-,17+,19+,20-/m1/s1. The first-order valence-corrected chi connectivity index (χ1v) is 12.3. The minimum absolute atomic E-state index is 0.704. The van der Waals surface area contributed by atoms with E-state index in [-0.39, 0.29) is 0 Å². The molecule has 0 unspecified atom stereocenters. The average molecular weight is 629 g/mol. The van der Waals surface area contributed by atoms with Crippen LogP contribution in [0.2, 0.25) is 0 Å². The zero-order valence-corrected chi connectivity index (χ0v) is 23.3. The molecular formula is C22H30F3N5O13. The van der Waals surface area contributed by atoms with E-state index in [1.807, 2.05) is 0 Å². The quantitative estimate of drug-likeness (QED) is 0.0928. The highest BCUT2D eigenvalue weighted by Crippen LogP contribution is 2.34. The number of halogens is 3. The van der Waals surface area contributed by atoms with Crippen molar-refractivity contribution in [1.29, 1.82) is 0 Å². The molecule has 2 saturated heterocycles. The van der Waals surface area contributed by atoms with Crippen molar-refractivity contribution in [2.45, 2.75) is 88.2 Å². The fourth-order valence-electron chi connectivity index (χ4n) is 4.40. The number of alkyl halides is 3. The molecule has 3 N–H and O–H groups in total. The van der Waals surface area contributed by atoms with Gasteiger partial charge in [0.25, 0.3) is 0 Å². The van der Waals surface area contributed by atoms with E-state index in [4.69, 9.17) is 43.6 Å². The van der Waals surface area contributed by atoms with Crippen LogP contribution in [0.1, 0.15) is 20.8 Å². The molecule has 2 amide bonds. The van der Waals surface area contributed by atoms with Gasteiger partial charge in [-0.2, -0.15) is 13.2 Å². The van der Waals surface area contributed by atoms with E-state index in [9.17, 15) is 42.7 Å². The van der Waals surface area contributed by atoms with E-state index in [1.165, 1.54) is 0 Å². The molecule has 2 aliphatic rings. The van der Waals surface area contributed by atoms with Crippen molar-refractivity contribution in [2.75, 3.05) is 20.8 Å². The first-order chi connectivity index (χ1) is 20.0. The smallest absolute Gasteiger partial charge is 0.463 e. The Morgan fingerprint density at radius 3 is 1.98 bits per heavy atom. The molecule has 0 aromatic rings. The molecule has 2 rings (SSSR count). The lowest BCUT2D eigenvalue weighted by Gasteiger charge is -2.48. The molecule has 21 heteroatoms. The Labute approximate surface area is 241 Å². The molecule has 43 heavy (non-hydrogen) atoms. The van der Waals surface area contributed by atoms with Crippen molar-refractivity contribution in [1.82, 2.24) is 5.32 Å². The van der Waals surface area contributed by atoms with Gasteiger partial charge in [-0.05, 0) is 5.53 Å². The number of carbonyl (C=O) groups is 5. The Morgan fingerprint density at radius 2 is 1.51 bits per heavy atom. The Morgan fingerprint density at radius 1 is 0.907 bits per heavy atom. The Kier molecular flexibility index (Phi) is 12.5. The molecule has 0 aromatic carbocycles. The highest BCUT2D eigenvalue weighted by molar-refractivity contribution is 5.82. The minimum Gasteiger partial charge on any atom is -0.463 e.